The predicted molar refractivity (Wildman–Crippen MR) is 68.4 cm³/mol. The number of nitrogen functional groups attached to an aromatic ring is 1. The Kier molecular flexibility index (Phi) is 3.21. The molecule has 0 radical (unpaired) electrons. The summed E-state index contributed by atoms with van der Waals surface area (Å²) in [6.45, 7) is 5.88. The molecule has 1 unspecified atom stereocenters. The first-order valence-electron chi connectivity index (χ1n) is 6.01. The molecule has 6 heteroatoms. The van der Waals surface area contributed by atoms with E-state index in [1.54, 1.807) is 6.07 Å². The van der Waals surface area contributed by atoms with Crippen LogP contribution < -0.4 is 11.5 Å². The molecule has 0 saturated carbocycles. The molecule has 0 aliphatic carbocycles. The summed E-state index contributed by atoms with van der Waals surface area (Å²) in [4.78, 5) is 22.1. The van der Waals surface area contributed by atoms with Gasteiger partial charge in [-0.05, 0) is 26.8 Å². The summed E-state index contributed by atoms with van der Waals surface area (Å²) in [5, 5.41) is 0. The highest BCUT2D eigenvalue weighted by molar-refractivity contribution is 5.81. The summed E-state index contributed by atoms with van der Waals surface area (Å²) in [6, 6.07) is 1.74. The van der Waals surface area contributed by atoms with Gasteiger partial charge in [-0.2, -0.15) is 0 Å². The van der Waals surface area contributed by atoms with E-state index in [0.29, 0.717) is 24.7 Å². The van der Waals surface area contributed by atoms with Gasteiger partial charge in [0.15, 0.2) is 0 Å². The van der Waals surface area contributed by atoms with E-state index in [2.05, 4.69) is 14.9 Å². The minimum Gasteiger partial charge on any atom is -0.384 e. The van der Waals surface area contributed by atoms with Crippen LogP contribution in [0.5, 0.6) is 0 Å². The number of hydrogen-bond acceptors (Lipinski definition) is 5. The van der Waals surface area contributed by atoms with E-state index in [1.165, 1.54) is 0 Å². The van der Waals surface area contributed by atoms with Crippen LogP contribution in [0.25, 0.3) is 0 Å². The quantitative estimate of drug-likeness (QED) is 0.789. The molecule has 1 aromatic rings. The zero-order valence-electron chi connectivity index (χ0n) is 10.8. The van der Waals surface area contributed by atoms with Gasteiger partial charge in [-0.1, -0.05) is 0 Å². The highest BCUT2D eigenvalue weighted by Gasteiger charge is 2.38. The van der Waals surface area contributed by atoms with E-state index in [1.807, 2.05) is 13.8 Å². The number of amides is 1. The van der Waals surface area contributed by atoms with Gasteiger partial charge in [0.25, 0.3) is 0 Å². The maximum Gasteiger partial charge on any atom is 0.224 e. The maximum absolute atomic E-state index is 11.4. The van der Waals surface area contributed by atoms with Crippen molar-refractivity contribution in [3.8, 4) is 0 Å². The molecule has 98 valence electrons. The van der Waals surface area contributed by atoms with Crippen LogP contribution in [0.1, 0.15) is 24.9 Å². The lowest BCUT2D eigenvalue weighted by Crippen LogP contribution is -2.37. The second kappa shape index (κ2) is 4.53. The number of likely N-dealkylation sites (tertiary alicyclic amines) is 1. The molecule has 18 heavy (non-hydrogen) atoms. The zero-order valence-corrected chi connectivity index (χ0v) is 10.8. The summed E-state index contributed by atoms with van der Waals surface area (Å²) in [7, 11) is 0. The molecule has 4 N–H and O–H groups in total. The number of nitrogens with two attached hydrogens (primary N) is 2. The number of carbonyl (C=O) groups is 1. The molecule has 0 bridgehead atoms. The number of anilines is 1. The van der Waals surface area contributed by atoms with Gasteiger partial charge in [0.05, 0.1) is 12.0 Å². The second-order valence-corrected chi connectivity index (χ2v) is 5.24. The van der Waals surface area contributed by atoms with E-state index in [4.69, 9.17) is 11.5 Å². The fraction of sp³-hybridized carbons (Fsp3) is 0.583. The lowest BCUT2D eigenvalue weighted by atomic mass is 9.89. The lowest BCUT2D eigenvalue weighted by molar-refractivity contribution is -0.126. The van der Waals surface area contributed by atoms with Crippen molar-refractivity contribution in [1.82, 2.24) is 14.9 Å². The van der Waals surface area contributed by atoms with Gasteiger partial charge in [0, 0.05) is 18.3 Å². The number of nitrogens with zero attached hydrogens (tertiary/aromatic N) is 3. The van der Waals surface area contributed by atoms with Crippen LogP contribution in [-0.2, 0) is 11.3 Å². The summed E-state index contributed by atoms with van der Waals surface area (Å²) < 4.78 is 0. The minimum absolute atomic E-state index is 0.241. The summed E-state index contributed by atoms with van der Waals surface area (Å²) >= 11 is 0. The van der Waals surface area contributed by atoms with Crippen molar-refractivity contribution in [2.45, 2.75) is 26.8 Å². The van der Waals surface area contributed by atoms with Crippen LogP contribution in [0, 0.1) is 12.3 Å². The Hall–Kier alpha value is -1.69. The molecule has 1 fully saturated rings. The SMILES string of the molecule is Cc1cc(N)nc(CN2CCC(C)(C(N)=O)C2)n1. The second-order valence-electron chi connectivity index (χ2n) is 5.24. The van der Waals surface area contributed by atoms with Gasteiger partial charge >= 0.3 is 0 Å². The van der Waals surface area contributed by atoms with E-state index >= 15 is 0 Å². The van der Waals surface area contributed by atoms with Gasteiger partial charge in [-0.15, -0.1) is 0 Å². The third-order valence-corrected chi connectivity index (χ3v) is 3.43. The number of rotatable bonds is 3. The number of carbonyl (C=O) groups excluding carboxylic acids is 1. The summed E-state index contributed by atoms with van der Waals surface area (Å²) in [6.07, 6.45) is 0.781. The largest absolute Gasteiger partial charge is 0.384 e. The smallest absolute Gasteiger partial charge is 0.224 e. The molecule has 0 spiro atoms. The molecule has 0 aromatic carbocycles. The van der Waals surface area contributed by atoms with E-state index < -0.39 is 5.41 Å². The predicted octanol–water partition coefficient (Wildman–Crippen LogP) is 0.0645. The Morgan fingerprint density at radius 1 is 1.56 bits per heavy atom. The molecular weight excluding hydrogens is 230 g/mol. The van der Waals surface area contributed by atoms with Crippen molar-refractivity contribution in [2.75, 3.05) is 18.8 Å². The lowest BCUT2D eigenvalue weighted by Gasteiger charge is -2.20. The average molecular weight is 249 g/mol. The van der Waals surface area contributed by atoms with Crippen LogP contribution in [0.2, 0.25) is 0 Å². The van der Waals surface area contributed by atoms with Crippen molar-refractivity contribution < 1.29 is 4.79 Å². The average Bonchev–Trinajstić information content (AvgIpc) is 2.60. The Bertz CT molecular complexity index is 455. The molecule has 1 aliphatic heterocycles. The van der Waals surface area contributed by atoms with Crippen LogP contribution in [0.15, 0.2) is 6.07 Å². The zero-order chi connectivity index (χ0) is 13.3. The van der Waals surface area contributed by atoms with Gasteiger partial charge in [0.1, 0.15) is 11.6 Å². The van der Waals surface area contributed by atoms with Crippen molar-refractivity contribution in [2.24, 2.45) is 11.1 Å². The fourth-order valence-electron chi connectivity index (χ4n) is 2.32. The third kappa shape index (κ3) is 2.59. The van der Waals surface area contributed by atoms with Gasteiger partial charge < -0.3 is 11.5 Å². The first kappa shape index (κ1) is 12.8. The monoisotopic (exact) mass is 249 g/mol. The van der Waals surface area contributed by atoms with Crippen molar-refractivity contribution in [3.63, 3.8) is 0 Å². The third-order valence-electron chi connectivity index (χ3n) is 3.43. The summed E-state index contributed by atoms with van der Waals surface area (Å²) in [5.74, 6) is 0.935. The molecule has 1 saturated heterocycles. The van der Waals surface area contributed by atoms with Gasteiger partial charge in [-0.3, -0.25) is 9.69 Å². The first-order chi connectivity index (χ1) is 8.39. The first-order valence-corrected chi connectivity index (χ1v) is 6.01. The van der Waals surface area contributed by atoms with Gasteiger partial charge in [0.2, 0.25) is 5.91 Å². The van der Waals surface area contributed by atoms with Crippen molar-refractivity contribution in [3.05, 3.63) is 17.6 Å². The van der Waals surface area contributed by atoms with Crippen LogP contribution >= 0.6 is 0 Å². The molecule has 1 aromatic heterocycles. The molecule has 1 aliphatic rings. The van der Waals surface area contributed by atoms with Crippen LogP contribution in [0.3, 0.4) is 0 Å². The van der Waals surface area contributed by atoms with E-state index in [9.17, 15) is 4.79 Å². The van der Waals surface area contributed by atoms with Crippen molar-refractivity contribution in [1.29, 1.82) is 0 Å². The molecular formula is C12H19N5O. The fourth-order valence-corrected chi connectivity index (χ4v) is 2.32. The molecule has 2 heterocycles. The topological polar surface area (TPSA) is 98.1 Å². The number of hydrogen-bond donors (Lipinski definition) is 2. The Labute approximate surface area is 106 Å². The highest BCUT2D eigenvalue weighted by atomic mass is 16.1. The highest BCUT2D eigenvalue weighted by Crippen LogP contribution is 2.29. The molecule has 6 nitrogen and oxygen atoms in total. The molecule has 1 atom stereocenters. The van der Waals surface area contributed by atoms with Crippen LogP contribution in [-0.4, -0.2) is 33.9 Å². The van der Waals surface area contributed by atoms with Crippen LogP contribution in [0.4, 0.5) is 5.82 Å². The minimum atomic E-state index is -0.435. The number of aryl methyl sites for hydroxylation is 1. The maximum atomic E-state index is 11.4. The Morgan fingerprint density at radius 2 is 2.28 bits per heavy atom. The number of primary amides is 1. The normalized spacial score (nSPS) is 24.3. The van der Waals surface area contributed by atoms with Gasteiger partial charge in [-0.25, -0.2) is 9.97 Å². The Morgan fingerprint density at radius 3 is 2.83 bits per heavy atom. The standard InChI is InChI=1S/C12H19N5O/c1-8-5-9(13)16-10(15-8)6-17-4-3-12(2,7-17)11(14)18/h5H,3-4,6-7H2,1-2H3,(H2,14,18)(H2,13,15,16). The molecule has 2 rings (SSSR count). The van der Waals surface area contributed by atoms with E-state index in [0.717, 1.165) is 18.7 Å². The summed E-state index contributed by atoms with van der Waals surface area (Å²) in [5.41, 5.74) is 11.5. The van der Waals surface area contributed by atoms with Crippen molar-refractivity contribution >= 4 is 11.7 Å². The number of aromatic nitrogens is 2. The Balaban J connectivity index is 2.06. The molecule has 1 amide bonds. The van der Waals surface area contributed by atoms with E-state index in [-0.39, 0.29) is 5.91 Å².